The van der Waals surface area contributed by atoms with E-state index in [1.165, 1.54) is 0 Å². The monoisotopic (exact) mass is 424 g/mol. The first-order chi connectivity index (χ1) is 11.6. The van der Waals surface area contributed by atoms with Crippen molar-refractivity contribution in [3.63, 3.8) is 0 Å². The summed E-state index contributed by atoms with van der Waals surface area (Å²) in [5, 5.41) is 0. The molecular formula is C18H21BrN2OS2. The molecule has 1 atom stereocenters. The molecule has 0 amide bonds. The van der Waals surface area contributed by atoms with Crippen molar-refractivity contribution >= 4 is 50.5 Å². The summed E-state index contributed by atoms with van der Waals surface area (Å²) in [5.41, 5.74) is 7.24. The zero-order valence-corrected chi connectivity index (χ0v) is 16.7. The first-order valence-electron chi connectivity index (χ1n) is 7.42. The molecule has 2 rings (SSSR count). The van der Waals surface area contributed by atoms with Crippen LogP contribution in [0.5, 0.6) is 0 Å². The molecule has 0 saturated heterocycles. The fraction of sp³-hybridized carbons (Fsp3) is 0.278. The van der Waals surface area contributed by atoms with Crippen molar-refractivity contribution in [2.75, 3.05) is 0 Å². The molecule has 0 spiro atoms. The quantitative estimate of drug-likeness (QED) is 0.416. The molecule has 1 heterocycles. The van der Waals surface area contributed by atoms with Gasteiger partial charge >= 0.3 is 0 Å². The number of halogens is 1. The highest BCUT2D eigenvalue weighted by Gasteiger charge is 2.14. The fourth-order valence-electron chi connectivity index (χ4n) is 1.69. The predicted molar refractivity (Wildman–Crippen MR) is 111 cm³/mol. The predicted octanol–water partition coefficient (Wildman–Crippen LogP) is 4.99. The van der Waals surface area contributed by atoms with Crippen LogP contribution in [0.3, 0.4) is 0 Å². The molecule has 0 aliphatic rings. The van der Waals surface area contributed by atoms with Crippen molar-refractivity contribution < 1.29 is 4.79 Å². The Kier molecular flexibility index (Phi) is 14.4. The van der Waals surface area contributed by atoms with Gasteiger partial charge in [-0.25, -0.2) is 0 Å². The number of nitrogens with zero attached hydrogens (tertiary/aromatic N) is 1. The molecule has 0 radical (unpaired) electrons. The first kappa shape index (κ1) is 22.7. The summed E-state index contributed by atoms with van der Waals surface area (Å²) in [6.45, 7) is 2.68. The molecule has 0 aliphatic carbocycles. The van der Waals surface area contributed by atoms with E-state index >= 15 is 0 Å². The number of ketones is 1. The number of carbonyl (C=O) groups is 1. The van der Waals surface area contributed by atoms with Gasteiger partial charge in [-0.15, -0.1) is 0 Å². The molecule has 2 aromatic rings. The standard InChI is InChI=1S/C11H13BrO.C6H8N2.CS2/c1-2-6-10(12)11(13)9-7-4-3-5-8-9;7-5-6-1-3-8-4-2-6;2-1-3/h3-5,7-8,10H,2,6H2,1H3;1-4H,5,7H2;. The average Bonchev–Trinajstić information content (AvgIpc) is 2.64. The number of rotatable bonds is 5. The molecule has 0 saturated carbocycles. The molecule has 3 nitrogen and oxygen atoms in total. The van der Waals surface area contributed by atoms with Crippen molar-refractivity contribution in [3.05, 3.63) is 66.0 Å². The van der Waals surface area contributed by atoms with Gasteiger partial charge in [-0.05, 0) is 48.6 Å². The second kappa shape index (κ2) is 15.2. The van der Waals surface area contributed by atoms with E-state index in [9.17, 15) is 4.79 Å². The normalized spacial score (nSPS) is 10.1. The molecule has 1 unspecified atom stereocenters. The molecule has 1 aromatic heterocycles. The lowest BCUT2D eigenvalue weighted by Gasteiger charge is -2.06. The van der Waals surface area contributed by atoms with Gasteiger partial charge in [-0.3, -0.25) is 9.78 Å². The van der Waals surface area contributed by atoms with E-state index in [4.69, 9.17) is 5.73 Å². The number of hydrogen-bond acceptors (Lipinski definition) is 5. The van der Waals surface area contributed by atoms with Crippen molar-refractivity contribution in [2.24, 2.45) is 5.73 Å². The second-order valence-corrected chi connectivity index (χ2v) is 6.40. The Morgan fingerprint density at radius 1 is 1.21 bits per heavy atom. The van der Waals surface area contributed by atoms with E-state index in [2.05, 4.69) is 52.3 Å². The number of aromatic nitrogens is 1. The van der Waals surface area contributed by atoms with E-state index in [1.54, 1.807) is 12.4 Å². The minimum absolute atomic E-state index is 0.0279. The maximum atomic E-state index is 11.7. The van der Waals surface area contributed by atoms with E-state index in [1.807, 2.05) is 46.8 Å². The molecule has 1 aromatic carbocycles. The Balaban J connectivity index is 0.000000409. The van der Waals surface area contributed by atoms with Gasteiger partial charge in [0.25, 0.3) is 0 Å². The van der Waals surface area contributed by atoms with Crippen LogP contribution in [0.25, 0.3) is 0 Å². The summed E-state index contributed by atoms with van der Waals surface area (Å²) >= 11 is 11.3. The van der Waals surface area contributed by atoms with E-state index in [0.29, 0.717) is 6.54 Å². The van der Waals surface area contributed by atoms with Gasteiger partial charge < -0.3 is 5.73 Å². The SMILES string of the molecule is CCCC(Br)C(=O)c1ccccc1.NCc1ccncc1.S=C=S. The Labute approximate surface area is 162 Å². The Bertz CT molecular complexity index is 603. The van der Waals surface area contributed by atoms with Crippen LogP contribution in [0.1, 0.15) is 35.7 Å². The Morgan fingerprint density at radius 3 is 2.17 bits per heavy atom. The van der Waals surface area contributed by atoms with Crippen molar-refractivity contribution in [3.8, 4) is 0 Å². The third-order valence-electron chi connectivity index (χ3n) is 2.87. The van der Waals surface area contributed by atoms with Crippen LogP contribution in [-0.2, 0) is 6.54 Å². The van der Waals surface area contributed by atoms with Crippen molar-refractivity contribution in [1.82, 2.24) is 4.98 Å². The van der Waals surface area contributed by atoms with Crippen LogP contribution in [0.4, 0.5) is 0 Å². The van der Waals surface area contributed by atoms with Gasteiger partial charge in [0.2, 0.25) is 0 Å². The average molecular weight is 425 g/mol. The van der Waals surface area contributed by atoms with Crippen LogP contribution in [-0.4, -0.2) is 19.9 Å². The van der Waals surface area contributed by atoms with Crippen molar-refractivity contribution in [1.29, 1.82) is 0 Å². The topological polar surface area (TPSA) is 56.0 Å². The number of pyridine rings is 1. The maximum Gasteiger partial charge on any atom is 0.176 e. The fourth-order valence-corrected chi connectivity index (χ4v) is 2.41. The Hall–Kier alpha value is -1.30. The maximum absolute atomic E-state index is 11.7. The lowest BCUT2D eigenvalue weighted by atomic mass is 10.1. The highest BCUT2D eigenvalue weighted by atomic mass is 79.9. The zero-order valence-electron chi connectivity index (χ0n) is 13.5. The van der Waals surface area contributed by atoms with Crippen LogP contribution in [0, 0.1) is 0 Å². The van der Waals surface area contributed by atoms with Gasteiger partial charge in [0, 0.05) is 28.8 Å². The molecule has 0 aliphatic heterocycles. The van der Waals surface area contributed by atoms with Gasteiger partial charge in [0.05, 0.1) is 4.83 Å². The third kappa shape index (κ3) is 10.5. The molecule has 2 N–H and O–H groups in total. The number of nitrogens with two attached hydrogens (primary N) is 1. The number of Topliss-reactive ketones (excluding diaryl/α,β-unsaturated/α-hetero) is 1. The summed E-state index contributed by atoms with van der Waals surface area (Å²) in [5.74, 6) is 0.183. The molecule has 128 valence electrons. The molecule has 0 bridgehead atoms. The number of carbonyl (C=O) groups excluding carboxylic acids is 1. The summed E-state index contributed by atoms with van der Waals surface area (Å²) < 4.78 is 1.92. The van der Waals surface area contributed by atoms with Gasteiger partial charge in [-0.1, -0.05) is 59.6 Å². The minimum atomic E-state index is -0.0279. The second-order valence-electron chi connectivity index (χ2n) is 4.63. The first-order valence-corrected chi connectivity index (χ1v) is 9.15. The lowest BCUT2D eigenvalue weighted by Crippen LogP contribution is -2.13. The van der Waals surface area contributed by atoms with Gasteiger partial charge in [0.15, 0.2) is 5.78 Å². The third-order valence-corrected chi connectivity index (χ3v) is 3.74. The van der Waals surface area contributed by atoms with E-state index < -0.39 is 0 Å². The van der Waals surface area contributed by atoms with Gasteiger partial charge in [-0.2, -0.15) is 0 Å². The summed E-state index contributed by atoms with van der Waals surface area (Å²) in [6.07, 6.45) is 5.40. The highest BCUT2D eigenvalue weighted by Crippen LogP contribution is 2.14. The summed E-state index contributed by atoms with van der Waals surface area (Å²) in [6, 6.07) is 13.2. The number of benzene rings is 1. The molecule has 24 heavy (non-hydrogen) atoms. The van der Waals surface area contributed by atoms with E-state index in [0.717, 1.165) is 24.0 Å². The summed E-state index contributed by atoms with van der Waals surface area (Å²) in [7, 11) is 0. The number of alkyl halides is 1. The van der Waals surface area contributed by atoms with Gasteiger partial charge in [0.1, 0.15) is 0 Å². The van der Waals surface area contributed by atoms with Crippen molar-refractivity contribution in [2.45, 2.75) is 31.1 Å². The number of hydrogen-bond donors (Lipinski definition) is 1. The number of thiocarbonyl (C=S) groups is 2. The minimum Gasteiger partial charge on any atom is -0.326 e. The largest absolute Gasteiger partial charge is 0.326 e. The lowest BCUT2D eigenvalue weighted by molar-refractivity contribution is 0.0988. The van der Waals surface area contributed by atoms with Crippen LogP contribution in [0.2, 0.25) is 0 Å². The Morgan fingerprint density at radius 2 is 1.75 bits per heavy atom. The summed E-state index contributed by atoms with van der Waals surface area (Å²) in [4.78, 5) is 15.5. The zero-order chi connectivity index (χ0) is 18.2. The highest BCUT2D eigenvalue weighted by molar-refractivity contribution is 9.10. The molecule has 0 fully saturated rings. The van der Waals surface area contributed by atoms with Crippen LogP contribution in [0.15, 0.2) is 54.9 Å². The van der Waals surface area contributed by atoms with E-state index in [-0.39, 0.29) is 10.6 Å². The molecule has 6 heteroatoms. The molecular weight excluding hydrogens is 404 g/mol. The smallest absolute Gasteiger partial charge is 0.176 e. The van der Waals surface area contributed by atoms with Crippen LogP contribution < -0.4 is 5.73 Å². The van der Waals surface area contributed by atoms with Crippen LogP contribution >= 0.6 is 40.4 Å².